The van der Waals surface area contributed by atoms with Crippen molar-refractivity contribution in [3.63, 3.8) is 0 Å². The second-order valence-electron chi connectivity index (χ2n) is 7.37. The molecule has 4 nitrogen and oxygen atoms in total. The third-order valence-corrected chi connectivity index (χ3v) is 6.75. The van der Waals surface area contributed by atoms with Crippen LogP contribution in [-0.2, 0) is 10.1 Å². The highest BCUT2D eigenvalue weighted by molar-refractivity contribution is 7.85. The van der Waals surface area contributed by atoms with Crippen LogP contribution in [0.2, 0.25) is 0 Å². The van der Waals surface area contributed by atoms with E-state index < -0.39 is 10.1 Å². The molecule has 0 aliphatic heterocycles. The van der Waals surface area contributed by atoms with Crippen molar-refractivity contribution in [2.24, 2.45) is 11.8 Å². The molecular weight excluding hydrogens is 322 g/mol. The molecule has 136 valence electrons. The van der Waals surface area contributed by atoms with Crippen LogP contribution in [0, 0.1) is 11.8 Å². The molecule has 0 unspecified atom stereocenters. The summed E-state index contributed by atoms with van der Waals surface area (Å²) in [6.45, 7) is 0. The zero-order valence-electron chi connectivity index (χ0n) is 14.5. The van der Waals surface area contributed by atoms with Crippen molar-refractivity contribution in [2.75, 3.05) is 0 Å². The Bertz CT molecular complexity index is 582. The molecule has 2 aliphatic carbocycles. The zero-order chi connectivity index (χ0) is 16.3. The molecule has 0 saturated heterocycles. The van der Waals surface area contributed by atoms with Gasteiger partial charge in [0, 0.05) is 0 Å². The monoisotopic (exact) mass is 353 g/mol. The topological polar surface area (TPSA) is 89.4 Å². The van der Waals surface area contributed by atoms with Gasteiger partial charge in [-0.2, -0.15) is 8.42 Å². The number of benzene rings is 1. The van der Waals surface area contributed by atoms with Gasteiger partial charge in [-0.1, -0.05) is 50.7 Å². The fourth-order valence-corrected chi connectivity index (χ4v) is 5.26. The second-order valence-corrected chi connectivity index (χ2v) is 8.79. The minimum Gasteiger partial charge on any atom is -0.344 e. The molecule has 5 heteroatoms. The zero-order valence-corrected chi connectivity index (χ0v) is 15.3. The molecule has 2 fully saturated rings. The molecule has 1 aromatic carbocycles. The Hall–Kier alpha value is -0.910. The Morgan fingerprint density at radius 2 is 1.21 bits per heavy atom. The van der Waals surface area contributed by atoms with Gasteiger partial charge in [-0.3, -0.25) is 4.55 Å². The molecule has 0 heterocycles. The smallest absolute Gasteiger partial charge is 0.294 e. The van der Waals surface area contributed by atoms with E-state index >= 15 is 0 Å². The Balaban J connectivity index is 0.00000208. The highest BCUT2D eigenvalue weighted by Crippen LogP contribution is 2.45. The summed E-state index contributed by atoms with van der Waals surface area (Å²) in [4.78, 5) is 0.00675. The summed E-state index contributed by atoms with van der Waals surface area (Å²) in [5.41, 5.74) is 1.27. The van der Waals surface area contributed by atoms with Gasteiger partial charge < -0.3 is 6.15 Å². The van der Waals surface area contributed by atoms with Crippen LogP contribution in [-0.4, -0.2) is 13.0 Å². The molecule has 4 N–H and O–H groups in total. The normalized spacial score (nSPS) is 20.8. The Labute approximate surface area is 146 Å². The summed E-state index contributed by atoms with van der Waals surface area (Å²) in [5.74, 6) is 2.04. The first kappa shape index (κ1) is 19.4. The van der Waals surface area contributed by atoms with Crippen LogP contribution in [0.3, 0.4) is 0 Å². The lowest BCUT2D eigenvalue weighted by Gasteiger charge is -2.38. The largest absolute Gasteiger partial charge is 0.344 e. The first-order valence-corrected chi connectivity index (χ1v) is 10.6. The SMILES string of the molecule is N.O=S(=O)(O)c1ccc(C(C2CCCCC2)C2CCCCC2)cc1. The number of hydrogen-bond acceptors (Lipinski definition) is 3. The molecule has 0 radical (unpaired) electrons. The maximum absolute atomic E-state index is 11.3. The summed E-state index contributed by atoms with van der Waals surface area (Å²) in [6, 6.07) is 7.03. The van der Waals surface area contributed by atoms with E-state index in [0.29, 0.717) is 5.92 Å². The van der Waals surface area contributed by atoms with Crippen molar-refractivity contribution in [3.8, 4) is 0 Å². The van der Waals surface area contributed by atoms with Gasteiger partial charge in [0.1, 0.15) is 0 Å². The van der Waals surface area contributed by atoms with Crippen molar-refractivity contribution in [2.45, 2.75) is 75.0 Å². The van der Waals surface area contributed by atoms with Crippen LogP contribution in [0.25, 0.3) is 0 Å². The van der Waals surface area contributed by atoms with E-state index in [-0.39, 0.29) is 11.0 Å². The van der Waals surface area contributed by atoms with Crippen LogP contribution in [0.15, 0.2) is 29.2 Å². The molecule has 2 aliphatic rings. The van der Waals surface area contributed by atoms with Gasteiger partial charge in [0.05, 0.1) is 4.90 Å². The molecule has 0 aromatic heterocycles. The van der Waals surface area contributed by atoms with E-state index in [4.69, 9.17) is 0 Å². The lowest BCUT2D eigenvalue weighted by molar-refractivity contribution is 0.202. The molecule has 0 bridgehead atoms. The summed E-state index contributed by atoms with van der Waals surface area (Å²) < 4.78 is 31.7. The maximum Gasteiger partial charge on any atom is 0.294 e. The van der Waals surface area contributed by atoms with Crippen molar-refractivity contribution in [1.82, 2.24) is 6.15 Å². The molecule has 2 saturated carbocycles. The van der Waals surface area contributed by atoms with Gasteiger partial charge in [-0.25, -0.2) is 0 Å². The van der Waals surface area contributed by atoms with Crippen LogP contribution in [0.5, 0.6) is 0 Å². The number of rotatable bonds is 4. The summed E-state index contributed by atoms with van der Waals surface area (Å²) in [5, 5.41) is 0. The molecular formula is C19H31NO3S. The van der Waals surface area contributed by atoms with Gasteiger partial charge in [0.25, 0.3) is 10.1 Å². The van der Waals surface area contributed by atoms with Gasteiger partial charge in [-0.15, -0.1) is 0 Å². The minimum absolute atomic E-state index is 0. The average molecular weight is 354 g/mol. The van der Waals surface area contributed by atoms with Crippen molar-refractivity contribution < 1.29 is 13.0 Å². The Morgan fingerprint density at radius 1 is 0.792 bits per heavy atom. The van der Waals surface area contributed by atoms with E-state index in [1.807, 2.05) is 12.1 Å². The van der Waals surface area contributed by atoms with E-state index in [9.17, 15) is 13.0 Å². The predicted molar refractivity (Wildman–Crippen MR) is 97.2 cm³/mol. The van der Waals surface area contributed by atoms with Crippen LogP contribution >= 0.6 is 0 Å². The summed E-state index contributed by atoms with van der Waals surface area (Å²) >= 11 is 0. The van der Waals surface area contributed by atoms with Crippen molar-refractivity contribution in [1.29, 1.82) is 0 Å². The highest BCUT2D eigenvalue weighted by atomic mass is 32.2. The van der Waals surface area contributed by atoms with E-state index in [0.717, 1.165) is 11.8 Å². The first-order valence-electron chi connectivity index (χ1n) is 9.13. The quantitative estimate of drug-likeness (QED) is 0.715. The lowest BCUT2D eigenvalue weighted by Crippen LogP contribution is -2.25. The molecule has 0 atom stereocenters. The predicted octanol–water partition coefficient (Wildman–Crippen LogP) is 5.34. The van der Waals surface area contributed by atoms with E-state index in [1.54, 1.807) is 12.1 Å². The van der Waals surface area contributed by atoms with Gasteiger partial charge in [0.2, 0.25) is 0 Å². The molecule has 0 spiro atoms. The van der Waals surface area contributed by atoms with Gasteiger partial charge in [-0.05, 0) is 61.1 Å². The van der Waals surface area contributed by atoms with Crippen molar-refractivity contribution in [3.05, 3.63) is 29.8 Å². The van der Waals surface area contributed by atoms with Crippen LogP contribution in [0.4, 0.5) is 0 Å². The van der Waals surface area contributed by atoms with Gasteiger partial charge in [0.15, 0.2) is 0 Å². The van der Waals surface area contributed by atoms with Crippen LogP contribution < -0.4 is 6.15 Å². The average Bonchev–Trinajstić information content (AvgIpc) is 2.57. The van der Waals surface area contributed by atoms with E-state index in [2.05, 4.69) is 0 Å². The maximum atomic E-state index is 11.3. The molecule has 3 rings (SSSR count). The van der Waals surface area contributed by atoms with Crippen LogP contribution in [0.1, 0.15) is 75.7 Å². The molecule has 1 aromatic rings. The van der Waals surface area contributed by atoms with E-state index in [1.165, 1.54) is 69.8 Å². The molecule has 0 amide bonds. The number of hydrogen-bond donors (Lipinski definition) is 2. The summed E-state index contributed by atoms with van der Waals surface area (Å²) in [7, 11) is -4.10. The molecule has 24 heavy (non-hydrogen) atoms. The van der Waals surface area contributed by atoms with Crippen molar-refractivity contribution >= 4 is 10.1 Å². The van der Waals surface area contributed by atoms with Gasteiger partial charge >= 0.3 is 0 Å². The third-order valence-electron chi connectivity index (χ3n) is 5.88. The fourth-order valence-electron chi connectivity index (χ4n) is 4.78. The third kappa shape index (κ3) is 4.58. The first-order chi connectivity index (χ1) is 11.1. The Morgan fingerprint density at radius 3 is 1.58 bits per heavy atom. The lowest BCUT2D eigenvalue weighted by atomic mass is 9.67. The fraction of sp³-hybridized carbons (Fsp3) is 0.684. The Kier molecular flexibility index (Phi) is 6.84. The minimum atomic E-state index is -4.10. The highest BCUT2D eigenvalue weighted by Gasteiger charge is 2.32. The second kappa shape index (κ2) is 8.45. The standard InChI is InChI=1S/C19H28O3S.H3N/c20-23(21,22)18-13-11-17(12-14-18)19(15-7-3-1-4-8-15)16-9-5-2-6-10-16;/h11-16,19H,1-10H2,(H,20,21,22);1H3. The summed E-state index contributed by atoms with van der Waals surface area (Å²) in [6.07, 6.45) is 13.3.